The highest BCUT2D eigenvalue weighted by Gasteiger charge is 2.49. The number of halogens is 1. The average Bonchev–Trinajstić information content (AvgIpc) is 3.34. The molecule has 1 unspecified atom stereocenters. The molecule has 3 rings (SSSR count). The Morgan fingerprint density at radius 2 is 1.26 bits per heavy atom. The molecule has 2 heterocycles. The van der Waals surface area contributed by atoms with Gasteiger partial charge in [0.25, 0.3) is 0 Å². The molecule has 2 aromatic heterocycles. The van der Waals surface area contributed by atoms with Gasteiger partial charge in [-0.2, -0.15) is 0 Å². The molecule has 1 atom stereocenters. The number of hydrogen-bond acceptors (Lipinski definition) is 2. The van der Waals surface area contributed by atoms with E-state index in [1.807, 2.05) is 24.3 Å². The molecule has 0 N–H and O–H groups in total. The number of nitrogens with zero attached hydrogens (tertiary/aromatic N) is 1. The quantitative estimate of drug-likeness (QED) is 0.360. The Labute approximate surface area is 196 Å². The Hall–Kier alpha value is -1.55. The van der Waals surface area contributed by atoms with Crippen LogP contribution in [-0.4, -0.2) is 30.4 Å². The maximum Gasteiger partial charge on any atom is 0.191 e. The second kappa shape index (κ2) is 11.9. The van der Waals surface area contributed by atoms with Gasteiger partial charge in [0.05, 0.1) is 19.7 Å². The van der Waals surface area contributed by atoms with Crippen molar-refractivity contribution in [2.75, 3.05) is 19.7 Å². The smallest absolute Gasteiger partial charge is 0.191 e. The van der Waals surface area contributed by atoms with Gasteiger partial charge in [-0.1, -0.05) is 58.0 Å². The van der Waals surface area contributed by atoms with Gasteiger partial charge in [0.1, 0.15) is 16.7 Å². The van der Waals surface area contributed by atoms with Gasteiger partial charge in [0, 0.05) is 24.3 Å². The first-order valence-corrected chi connectivity index (χ1v) is 11.4. The topological polar surface area (TPSA) is 22.4 Å². The predicted molar refractivity (Wildman–Crippen MR) is 128 cm³/mol. The molecule has 0 radical (unpaired) electrons. The summed E-state index contributed by atoms with van der Waals surface area (Å²) in [6, 6.07) is 18.8. The lowest BCUT2D eigenvalue weighted by molar-refractivity contribution is -1.02. The monoisotopic (exact) mass is 447 g/mol. The zero-order valence-electron chi connectivity index (χ0n) is 20.7. The predicted octanol–water partition coefficient (Wildman–Crippen LogP) is 4.31. The van der Waals surface area contributed by atoms with Crippen molar-refractivity contribution >= 4 is 11.2 Å². The summed E-state index contributed by atoms with van der Waals surface area (Å²) in [5.74, 6) is 1.25. The van der Waals surface area contributed by atoms with Crippen LogP contribution in [0.25, 0.3) is 11.2 Å². The minimum atomic E-state index is 0. The van der Waals surface area contributed by atoms with E-state index in [0.29, 0.717) is 11.8 Å². The van der Waals surface area contributed by atoms with Gasteiger partial charge in [0.2, 0.25) is 0 Å². The minimum absolute atomic E-state index is 0. The van der Waals surface area contributed by atoms with Gasteiger partial charge < -0.3 is 21.6 Å². The van der Waals surface area contributed by atoms with Gasteiger partial charge in [-0.15, -0.1) is 0 Å². The highest BCUT2D eigenvalue weighted by molar-refractivity contribution is 5.59. The van der Waals surface area contributed by atoms with Crippen molar-refractivity contribution in [2.45, 2.75) is 67.2 Å². The summed E-state index contributed by atoms with van der Waals surface area (Å²) in [5.41, 5.74) is 3.34. The first-order valence-electron chi connectivity index (χ1n) is 11.4. The molecule has 0 aliphatic heterocycles. The Morgan fingerprint density at radius 1 is 0.806 bits per heavy atom. The summed E-state index contributed by atoms with van der Waals surface area (Å²) in [6.45, 7) is 21.5. The van der Waals surface area contributed by atoms with Crippen LogP contribution in [-0.2, 0) is 10.3 Å². The molecule has 0 saturated carbocycles. The molecule has 31 heavy (non-hydrogen) atoms. The van der Waals surface area contributed by atoms with E-state index in [0.717, 1.165) is 35.3 Å². The summed E-state index contributed by atoms with van der Waals surface area (Å²) < 4.78 is 12.2. The molecular weight excluding hydrogens is 406 g/mol. The highest BCUT2D eigenvalue weighted by Crippen LogP contribution is 2.40. The van der Waals surface area contributed by atoms with Crippen LogP contribution in [0.15, 0.2) is 59.0 Å². The number of fused-ring (bicyclic) bond motifs is 2. The molecule has 0 aliphatic carbocycles. The van der Waals surface area contributed by atoms with Gasteiger partial charge in [-0.05, 0) is 45.0 Å². The third kappa shape index (κ3) is 6.71. The van der Waals surface area contributed by atoms with E-state index in [2.05, 4.69) is 85.7 Å². The van der Waals surface area contributed by atoms with E-state index in [-0.39, 0.29) is 24.2 Å². The first kappa shape index (κ1) is 27.5. The Kier molecular flexibility index (Phi) is 10.5. The van der Waals surface area contributed by atoms with Crippen LogP contribution in [0.4, 0.5) is 0 Å². The molecule has 2 bridgehead atoms. The molecule has 0 aliphatic rings. The summed E-state index contributed by atoms with van der Waals surface area (Å²) in [6.07, 6.45) is 0.181. The van der Waals surface area contributed by atoms with Gasteiger partial charge >= 0.3 is 0 Å². The fourth-order valence-corrected chi connectivity index (χ4v) is 4.78. The Morgan fingerprint density at radius 3 is 1.58 bits per heavy atom. The largest absolute Gasteiger partial charge is 1.00 e. The molecule has 3 nitrogen and oxygen atoms in total. The SMILES string of the molecule is CCOC(C)[N+](CC(C)C)(CC(C)C)C(C)(C)c1ccccc1.[Cl-].c1cc2ccc1o2. The summed E-state index contributed by atoms with van der Waals surface area (Å²) in [7, 11) is 0. The molecule has 1 aromatic carbocycles. The van der Waals surface area contributed by atoms with E-state index in [4.69, 9.17) is 9.15 Å². The van der Waals surface area contributed by atoms with Crippen molar-refractivity contribution in [3.8, 4) is 0 Å². The number of hydrogen-bond donors (Lipinski definition) is 0. The first-order chi connectivity index (χ1) is 14.1. The molecule has 3 aromatic rings. The highest BCUT2D eigenvalue weighted by atomic mass is 35.5. The second-order valence-corrected chi connectivity index (χ2v) is 9.74. The summed E-state index contributed by atoms with van der Waals surface area (Å²) >= 11 is 0. The average molecular weight is 448 g/mol. The van der Waals surface area contributed by atoms with Crippen LogP contribution in [0.2, 0.25) is 0 Å². The molecule has 4 heteroatoms. The third-order valence-corrected chi connectivity index (χ3v) is 6.14. The zero-order valence-corrected chi connectivity index (χ0v) is 21.4. The molecular formula is C27H42ClNO2. The fourth-order valence-electron chi connectivity index (χ4n) is 4.78. The van der Waals surface area contributed by atoms with E-state index >= 15 is 0 Å². The second-order valence-electron chi connectivity index (χ2n) is 9.74. The van der Waals surface area contributed by atoms with Crippen molar-refractivity contribution in [3.05, 3.63) is 60.2 Å². The fraction of sp³-hybridized carbons (Fsp3) is 0.556. The van der Waals surface area contributed by atoms with Crippen molar-refractivity contribution < 1.29 is 26.0 Å². The van der Waals surface area contributed by atoms with Crippen LogP contribution < -0.4 is 12.4 Å². The van der Waals surface area contributed by atoms with Crippen molar-refractivity contribution in [1.29, 1.82) is 0 Å². The van der Waals surface area contributed by atoms with E-state index < -0.39 is 0 Å². The molecule has 174 valence electrons. The standard InChI is InChI=1S/C21H38NO.C6H4O.ClH/c1-9-23-19(6)22(15-17(2)3,16-18(4)5)21(7,8)20-13-11-10-12-14-20;1-2-6-4-3-5(1)7-6;/h10-14,17-19H,9,15-16H2,1-8H3;1-4H;1H/q+1;;/p-1. The van der Waals surface area contributed by atoms with Crippen LogP contribution in [0, 0.1) is 11.8 Å². The Balaban J connectivity index is 0.000000497. The van der Waals surface area contributed by atoms with Gasteiger partial charge in [-0.25, -0.2) is 0 Å². The number of ether oxygens (including phenoxy) is 1. The molecule has 0 fully saturated rings. The Bertz CT molecular complexity index is 786. The van der Waals surface area contributed by atoms with Crippen LogP contribution in [0.5, 0.6) is 0 Å². The van der Waals surface area contributed by atoms with Crippen LogP contribution in [0.1, 0.15) is 61.0 Å². The maximum absolute atomic E-state index is 6.19. The lowest BCUT2D eigenvalue weighted by Gasteiger charge is -2.55. The van der Waals surface area contributed by atoms with Crippen LogP contribution in [0.3, 0.4) is 0 Å². The van der Waals surface area contributed by atoms with Crippen molar-refractivity contribution in [3.63, 3.8) is 0 Å². The van der Waals surface area contributed by atoms with Crippen molar-refractivity contribution in [1.82, 2.24) is 0 Å². The molecule has 0 saturated heterocycles. The van der Waals surface area contributed by atoms with E-state index in [1.54, 1.807) is 0 Å². The zero-order chi connectivity index (χ0) is 22.4. The third-order valence-electron chi connectivity index (χ3n) is 6.14. The van der Waals surface area contributed by atoms with Gasteiger partial charge in [0.15, 0.2) is 6.23 Å². The van der Waals surface area contributed by atoms with Gasteiger partial charge in [-0.3, -0.25) is 4.48 Å². The minimum Gasteiger partial charge on any atom is -1.00 e. The maximum atomic E-state index is 6.19. The number of furan rings is 2. The lowest BCUT2D eigenvalue weighted by Crippen LogP contribution is -3.00. The number of quaternary nitrogens is 1. The number of benzene rings is 2. The van der Waals surface area contributed by atoms with Crippen LogP contribution >= 0.6 is 0 Å². The normalized spacial score (nSPS) is 13.2. The lowest BCUT2D eigenvalue weighted by atomic mass is 9.86. The van der Waals surface area contributed by atoms with Crippen molar-refractivity contribution in [2.24, 2.45) is 11.8 Å². The summed E-state index contributed by atoms with van der Waals surface area (Å²) in [5, 5.41) is 0. The molecule has 0 spiro atoms. The van der Waals surface area contributed by atoms with E-state index in [1.165, 1.54) is 5.56 Å². The summed E-state index contributed by atoms with van der Waals surface area (Å²) in [4.78, 5) is 0. The molecule has 0 amide bonds. The van der Waals surface area contributed by atoms with E-state index in [9.17, 15) is 0 Å². The number of rotatable bonds is 9.